The van der Waals surface area contributed by atoms with Gasteiger partial charge in [0, 0.05) is 6.04 Å². The summed E-state index contributed by atoms with van der Waals surface area (Å²) in [4.78, 5) is 0. The van der Waals surface area contributed by atoms with Crippen molar-refractivity contribution in [2.24, 2.45) is 41.2 Å². The summed E-state index contributed by atoms with van der Waals surface area (Å²) >= 11 is 0. The first-order valence-corrected chi connectivity index (χ1v) is 13.4. The zero-order valence-corrected chi connectivity index (χ0v) is 21.8. The zero-order chi connectivity index (χ0) is 23.4. The van der Waals surface area contributed by atoms with Crippen molar-refractivity contribution in [1.29, 1.82) is 0 Å². The average Bonchev–Trinajstić information content (AvgIpc) is 2.69. The molecule has 7 atom stereocenters. The van der Waals surface area contributed by atoms with Gasteiger partial charge in [-0.05, 0) is 98.3 Å². The van der Waals surface area contributed by atoms with Gasteiger partial charge in [0.2, 0.25) is 0 Å². The molecule has 2 aliphatic carbocycles. The highest BCUT2D eigenvalue weighted by Crippen LogP contribution is 2.39. The molecule has 1 aromatic rings. The van der Waals surface area contributed by atoms with Crippen LogP contribution in [0.5, 0.6) is 11.5 Å². The molecule has 0 aromatic heterocycles. The van der Waals surface area contributed by atoms with Gasteiger partial charge in [0.25, 0.3) is 0 Å². The van der Waals surface area contributed by atoms with E-state index in [2.05, 4.69) is 66.7 Å². The summed E-state index contributed by atoms with van der Waals surface area (Å²) in [5.74, 6) is 6.02. The Morgan fingerprint density at radius 3 is 1.84 bits per heavy atom. The van der Waals surface area contributed by atoms with E-state index in [0.717, 1.165) is 42.6 Å². The predicted molar refractivity (Wildman–Crippen MR) is 135 cm³/mol. The molecule has 0 spiro atoms. The fraction of sp³-hybridized carbons (Fsp3) is 0.793. The lowest BCUT2D eigenvalue weighted by Gasteiger charge is -2.38. The fourth-order valence-corrected chi connectivity index (χ4v) is 6.09. The molecule has 0 heterocycles. The van der Waals surface area contributed by atoms with E-state index < -0.39 is 0 Å². The molecule has 0 saturated heterocycles. The van der Waals surface area contributed by atoms with Gasteiger partial charge in [-0.1, -0.05) is 54.4 Å². The highest BCUT2D eigenvalue weighted by Gasteiger charge is 2.34. The molecule has 2 saturated carbocycles. The molecule has 2 fully saturated rings. The molecule has 32 heavy (non-hydrogen) atoms. The van der Waals surface area contributed by atoms with E-state index in [-0.39, 0.29) is 6.04 Å². The average molecular weight is 444 g/mol. The third-order valence-corrected chi connectivity index (χ3v) is 8.06. The summed E-state index contributed by atoms with van der Waals surface area (Å²) in [6, 6.07) is 6.59. The van der Waals surface area contributed by atoms with Crippen molar-refractivity contribution in [3.8, 4) is 11.5 Å². The third kappa shape index (κ3) is 6.65. The van der Waals surface area contributed by atoms with Crippen molar-refractivity contribution >= 4 is 0 Å². The first-order chi connectivity index (χ1) is 15.1. The minimum absolute atomic E-state index is 0.0943. The number of nitrogens with two attached hydrogens (primary N) is 1. The van der Waals surface area contributed by atoms with Crippen LogP contribution in [0.25, 0.3) is 0 Å². The Morgan fingerprint density at radius 2 is 1.34 bits per heavy atom. The summed E-state index contributed by atoms with van der Waals surface area (Å²) in [5.41, 5.74) is 7.44. The second-order valence-electron chi connectivity index (χ2n) is 11.9. The topological polar surface area (TPSA) is 44.5 Å². The lowest BCUT2D eigenvalue weighted by atomic mass is 9.75. The van der Waals surface area contributed by atoms with Gasteiger partial charge in [-0.25, -0.2) is 0 Å². The second-order valence-corrected chi connectivity index (χ2v) is 11.9. The molecule has 7 unspecified atom stereocenters. The lowest BCUT2D eigenvalue weighted by molar-refractivity contribution is 0.0425. The Morgan fingerprint density at radius 1 is 0.812 bits per heavy atom. The standard InChI is InChI=1S/C29H49NO2/c1-18(2)25-11-8-20(5)14-28(25)31-24-10-13-27(23(17-24)16-22(7)30)32-29-15-21(6)9-12-26(29)19(3)4/h10,13,17-22,25-26,28-29H,8-9,11-12,14-16,30H2,1-7H3. The van der Waals surface area contributed by atoms with Crippen LogP contribution >= 0.6 is 0 Å². The van der Waals surface area contributed by atoms with Gasteiger partial charge in [-0.3, -0.25) is 0 Å². The minimum Gasteiger partial charge on any atom is -0.490 e. The van der Waals surface area contributed by atoms with E-state index >= 15 is 0 Å². The van der Waals surface area contributed by atoms with Gasteiger partial charge in [0.05, 0.1) is 0 Å². The molecular weight excluding hydrogens is 394 g/mol. The maximum atomic E-state index is 6.74. The molecule has 2 aliphatic rings. The van der Waals surface area contributed by atoms with E-state index in [4.69, 9.17) is 15.2 Å². The van der Waals surface area contributed by atoms with Crippen molar-refractivity contribution < 1.29 is 9.47 Å². The largest absolute Gasteiger partial charge is 0.490 e. The van der Waals surface area contributed by atoms with Gasteiger partial charge in [0.1, 0.15) is 23.7 Å². The SMILES string of the molecule is CC(N)Cc1cc(OC2CC(C)CCC2C(C)C)ccc1OC1CC(C)CCC1C(C)C. The zero-order valence-electron chi connectivity index (χ0n) is 21.8. The van der Waals surface area contributed by atoms with Crippen LogP contribution in [0.15, 0.2) is 18.2 Å². The smallest absolute Gasteiger partial charge is 0.123 e. The van der Waals surface area contributed by atoms with Crippen LogP contribution in [0.4, 0.5) is 0 Å². The van der Waals surface area contributed by atoms with Crippen LogP contribution in [0.1, 0.15) is 92.6 Å². The van der Waals surface area contributed by atoms with Crippen LogP contribution < -0.4 is 15.2 Å². The molecule has 0 radical (unpaired) electrons. The van der Waals surface area contributed by atoms with Crippen LogP contribution in [-0.2, 0) is 6.42 Å². The van der Waals surface area contributed by atoms with E-state index in [1.165, 1.54) is 31.2 Å². The van der Waals surface area contributed by atoms with E-state index in [1.54, 1.807) is 0 Å². The lowest BCUT2D eigenvalue weighted by Crippen LogP contribution is -2.37. The summed E-state index contributed by atoms with van der Waals surface area (Å²) in [6.45, 7) is 16.2. The van der Waals surface area contributed by atoms with Crippen LogP contribution in [0.3, 0.4) is 0 Å². The molecule has 0 bridgehead atoms. The molecule has 0 amide bonds. The number of benzene rings is 1. The first-order valence-electron chi connectivity index (χ1n) is 13.4. The van der Waals surface area contributed by atoms with E-state index in [0.29, 0.717) is 35.9 Å². The van der Waals surface area contributed by atoms with Crippen LogP contribution in [0.2, 0.25) is 0 Å². The first kappa shape index (κ1) is 25.4. The number of hydrogen-bond donors (Lipinski definition) is 1. The fourth-order valence-electron chi connectivity index (χ4n) is 6.09. The molecule has 3 heteroatoms. The van der Waals surface area contributed by atoms with Gasteiger partial charge in [-0.15, -0.1) is 0 Å². The maximum Gasteiger partial charge on any atom is 0.123 e. The highest BCUT2D eigenvalue weighted by atomic mass is 16.5. The normalized spacial score (nSPS) is 32.2. The molecule has 2 N–H and O–H groups in total. The Kier molecular flexibility index (Phi) is 8.95. The Hall–Kier alpha value is -1.22. The highest BCUT2D eigenvalue weighted by molar-refractivity contribution is 5.41. The Labute approximate surface area is 197 Å². The predicted octanol–water partition coefficient (Wildman–Crippen LogP) is 7.26. The van der Waals surface area contributed by atoms with Crippen molar-refractivity contribution in [3.63, 3.8) is 0 Å². The second kappa shape index (κ2) is 11.3. The van der Waals surface area contributed by atoms with Crippen LogP contribution in [0, 0.1) is 35.5 Å². The minimum atomic E-state index is 0.0943. The number of hydrogen-bond acceptors (Lipinski definition) is 3. The monoisotopic (exact) mass is 443 g/mol. The molecule has 182 valence electrons. The van der Waals surface area contributed by atoms with E-state index in [9.17, 15) is 0 Å². The summed E-state index contributed by atoms with van der Waals surface area (Å²) in [7, 11) is 0. The Bertz CT molecular complexity index is 713. The summed E-state index contributed by atoms with van der Waals surface area (Å²) in [6.07, 6.45) is 8.89. The van der Waals surface area contributed by atoms with Crippen molar-refractivity contribution in [3.05, 3.63) is 23.8 Å². The van der Waals surface area contributed by atoms with Crippen LogP contribution in [-0.4, -0.2) is 18.2 Å². The summed E-state index contributed by atoms with van der Waals surface area (Å²) in [5, 5.41) is 0. The van der Waals surface area contributed by atoms with Gasteiger partial charge in [0.15, 0.2) is 0 Å². The molecule has 1 aromatic carbocycles. The van der Waals surface area contributed by atoms with Crippen molar-refractivity contribution in [2.45, 2.75) is 112 Å². The molecule has 3 rings (SSSR count). The van der Waals surface area contributed by atoms with Gasteiger partial charge < -0.3 is 15.2 Å². The number of rotatable bonds is 8. The Balaban J connectivity index is 1.80. The number of ether oxygens (including phenoxy) is 2. The third-order valence-electron chi connectivity index (χ3n) is 8.06. The molecule has 3 nitrogen and oxygen atoms in total. The van der Waals surface area contributed by atoms with Crippen molar-refractivity contribution in [2.75, 3.05) is 0 Å². The quantitative estimate of drug-likeness (QED) is 0.460. The van der Waals surface area contributed by atoms with E-state index in [1.807, 2.05) is 0 Å². The maximum absolute atomic E-state index is 6.74. The van der Waals surface area contributed by atoms with Gasteiger partial charge in [-0.2, -0.15) is 0 Å². The molecular formula is C29H49NO2. The van der Waals surface area contributed by atoms with Crippen molar-refractivity contribution in [1.82, 2.24) is 0 Å². The molecule has 0 aliphatic heterocycles. The van der Waals surface area contributed by atoms with Gasteiger partial charge >= 0.3 is 0 Å². The summed E-state index contributed by atoms with van der Waals surface area (Å²) < 4.78 is 13.4.